The lowest BCUT2D eigenvalue weighted by Crippen LogP contribution is -2.22. The number of aromatic amines is 1. The van der Waals surface area contributed by atoms with E-state index in [0.717, 1.165) is 16.5 Å². The number of benzene rings is 2. The number of aromatic nitrogens is 1. The molecule has 6 heteroatoms. The third-order valence-electron chi connectivity index (χ3n) is 4.63. The maximum Gasteiger partial charge on any atom is 0.309 e. The molecule has 6 nitrogen and oxygen atoms in total. The lowest BCUT2D eigenvalue weighted by atomic mass is 9.91. The van der Waals surface area contributed by atoms with E-state index >= 15 is 0 Å². The Morgan fingerprint density at radius 3 is 2.48 bits per heavy atom. The number of esters is 1. The third-order valence-corrected chi connectivity index (χ3v) is 4.63. The molecule has 0 spiro atoms. The Morgan fingerprint density at radius 2 is 1.81 bits per heavy atom. The van der Waals surface area contributed by atoms with E-state index in [-0.39, 0.29) is 23.5 Å². The first-order valence-electron chi connectivity index (χ1n) is 8.59. The number of aryl methyl sites for hydroxylation is 1. The van der Waals surface area contributed by atoms with Gasteiger partial charge in [0.1, 0.15) is 17.1 Å². The van der Waals surface area contributed by atoms with Crippen LogP contribution in [0.1, 0.15) is 27.9 Å². The molecule has 0 saturated heterocycles. The summed E-state index contributed by atoms with van der Waals surface area (Å²) < 4.78 is 4.86. The maximum absolute atomic E-state index is 12.7. The zero-order chi connectivity index (χ0) is 19.6. The quantitative estimate of drug-likeness (QED) is 0.457. The minimum absolute atomic E-state index is 0.173. The summed E-state index contributed by atoms with van der Waals surface area (Å²) in [6, 6.07) is 10.5. The van der Waals surface area contributed by atoms with Gasteiger partial charge in [0.2, 0.25) is 0 Å². The van der Waals surface area contributed by atoms with Crippen LogP contribution in [0.15, 0.2) is 42.6 Å². The number of hydrogen-bond donors (Lipinski definition) is 3. The van der Waals surface area contributed by atoms with E-state index in [1.807, 2.05) is 30.5 Å². The number of nitrogens with one attached hydrogen (secondary N) is 1. The summed E-state index contributed by atoms with van der Waals surface area (Å²) in [5.74, 6) is -2.36. The lowest BCUT2D eigenvalue weighted by molar-refractivity contribution is -0.145. The van der Waals surface area contributed by atoms with Crippen molar-refractivity contribution in [2.45, 2.75) is 19.8 Å². The summed E-state index contributed by atoms with van der Waals surface area (Å²) in [7, 11) is 1.27. The molecule has 0 amide bonds. The molecule has 2 aromatic carbocycles. The van der Waals surface area contributed by atoms with Gasteiger partial charge in [-0.05, 0) is 42.7 Å². The highest BCUT2D eigenvalue weighted by Crippen LogP contribution is 2.32. The Bertz CT molecular complexity index is 982. The Labute approximate surface area is 156 Å². The van der Waals surface area contributed by atoms with Gasteiger partial charge in [-0.15, -0.1) is 0 Å². The summed E-state index contributed by atoms with van der Waals surface area (Å²) in [4.78, 5) is 28.1. The highest BCUT2D eigenvalue weighted by Gasteiger charge is 2.27. The van der Waals surface area contributed by atoms with Crippen LogP contribution in [0.2, 0.25) is 0 Å². The largest absolute Gasteiger partial charge is 0.507 e. The van der Waals surface area contributed by atoms with Crippen LogP contribution in [-0.2, 0) is 16.0 Å². The zero-order valence-corrected chi connectivity index (χ0v) is 15.2. The fourth-order valence-electron chi connectivity index (χ4n) is 3.33. The van der Waals surface area contributed by atoms with Crippen molar-refractivity contribution in [1.29, 1.82) is 0 Å². The summed E-state index contributed by atoms with van der Waals surface area (Å²) >= 11 is 0. The average Bonchev–Trinajstić information content (AvgIpc) is 3.02. The number of hydrogen-bond acceptors (Lipinski definition) is 5. The third kappa shape index (κ3) is 3.79. The number of fused-ring (bicyclic) bond motifs is 1. The summed E-state index contributed by atoms with van der Waals surface area (Å²) in [6.45, 7) is 1.70. The van der Waals surface area contributed by atoms with Crippen molar-refractivity contribution in [3.63, 3.8) is 0 Å². The number of ether oxygens (including phenoxy) is 1. The first kappa shape index (κ1) is 18.5. The predicted molar refractivity (Wildman–Crippen MR) is 101 cm³/mol. The van der Waals surface area contributed by atoms with Crippen molar-refractivity contribution in [3.05, 3.63) is 59.3 Å². The van der Waals surface area contributed by atoms with Gasteiger partial charge in [-0.2, -0.15) is 0 Å². The smallest absolute Gasteiger partial charge is 0.309 e. The molecule has 0 radical (unpaired) electrons. The van der Waals surface area contributed by atoms with E-state index in [9.17, 15) is 19.8 Å². The van der Waals surface area contributed by atoms with Crippen molar-refractivity contribution in [2.24, 2.45) is 5.92 Å². The number of Topliss-reactive ketones (excluding diaryl/α,β-unsaturated/α-hetero) is 1. The van der Waals surface area contributed by atoms with E-state index < -0.39 is 17.7 Å². The van der Waals surface area contributed by atoms with E-state index in [1.54, 1.807) is 6.92 Å². The van der Waals surface area contributed by atoms with Gasteiger partial charge in [-0.3, -0.25) is 9.59 Å². The number of methoxy groups -OCH3 is 1. The Kier molecular flexibility index (Phi) is 5.16. The SMILES string of the molecule is COC(=O)[C@@H](CC(=O)c1c(O)cc(C)cc1O)Cc1c[nH]c2ccccc12. The van der Waals surface area contributed by atoms with Crippen molar-refractivity contribution < 1.29 is 24.5 Å². The molecule has 0 unspecified atom stereocenters. The van der Waals surface area contributed by atoms with Gasteiger partial charge in [-0.1, -0.05) is 18.2 Å². The van der Waals surface area contributed by atoms with E-state index in [4.69, 9.17) is 4.74 Å². The Morgan fingerprint density at radius 1 is 1.15 bits per heavy atom. The molecule has 27 heavy (non-hydrogen) atoms. The topological polar surface area (TPSA) is 99.6 Å². The van der Waals surface area contributed by atoms with Crippen LogP contribution in [0.25, 0.3) is 10.9 Å². The number of carbonyl (C=O) groups excluding carboxylic acids is 2. The Hall–Kier alpha value is -3.28. The number of phenolic OH excluding ortho intramolecular Hbond substituents is 2. The maximum atomic E-state index is 12.7. The standard InChI is InChI=1S/C21H21NO5/c1-12-7-17(23)20(18(24)8-12)19(25)10-13(21(26)27-2)9-14-11-22-16-6-4-3-5-15(14)16/h3-8,11,13,22-24H,9-10H2,1-2H3/t13-/m1/s1. The van der Waals surface area contributed by atoms with Crippen LogP contribution in [0.5, 0.6) is 11.5 Å². The first-order chi connectivity index (χ1) is 12.9. The van der Waals surface area contributed by atoms with Crippen LogP contribution in [0.3, 0.4) is 0 Å². The normalized spacial score (nSPS) is 12.1. The van der Waals surface area contributed by atoms with E-state index in [0.29, 0.717) is 12.0 Å². The van der Waals surface area contributed by atoms with E-state index in [2.05, 4.69) is 4.98 Å². The molecule has 140 valence electrons. The number of phenols is 2. The number of rotatable bonds is 6. The molecule has 0 aliphatic heterocycles. The molecule has 3 aromatic rings. The molecular formula is C21H21NO5. The second-order valence-electron chi connectivity index (χ2n) is 6.59. The second-order valence-corrected chi connectivity index (χ2v) is 6.59. The highest BCUT2D eigenvalue weighted by atomic mass is 16.5. The average molecular weight is 367 g/mol. The minimum atomic E-state index is -0.734. The molecular weight excluding hydrogens is 346 g/mol. The predicted octanol–water partition coefficient (Wildman–Crippen LogP) is 3.49. The molecule has 3 rings (SSSR count). The van der Waals surface area contributed by atoms with Gasteiger partial charge >= 0.3 is 5.97 Å². The molecule has 0 bridgehead atoms. The molecule has 1 atom stereocenters. The second kappa shape index (κ2) is 7.53. The van der Waals surface area contributed by atoms with Gasteiger partial charge in [0, 0.05) is 23.5 Å². The molecule has 1 heterocycles. The van der Waals surface area contributed by atoms with Crippen LogP contribution in [-0.4, -0.2) is 34.1 Å². The minimum Gasteiger partial charge on any atom is -0.507 e. The zero-order valence-electron chi connectivity index (χ0n) is 15.2. The number of aromatic hydroxyl groups is 2. The van der Waals surface area contributed by atoms with Crippen LogP contribution >= 0.6 is 0 Å². The molecule has 1 aromatic heterocycles. The van der Waals surface area contributed by atoms with Gasteiger partial charge in [0.05, 0.1) is 13.0 Å². The van der Waals surface area contributed by atoms with Gasteiger partial charge in [0.15, 0.2) is 5.78 Å². The van der Waals surface area contributed by atoms with Gasteiger partial charge in [0.25, 0.3) is 0 Å². The molecule has 0 saturated carbocycles. The summed E-state index contributed by atoms with van der Waals surface area (Å²) in [5, 5.41) is 21.1. The number of para-hydroxylation sites is 1. The number of carbonyl (C=O) groups is 2. The fourth-order valence-corrected chi connectivity index (χ4v) is 3.33. The molecule has 0 fully saturated rings. The fraction of sp³-hybridized carbons (Fsp3) is 0.238. The van der Waals surface area contributed by atoms with Crippen LogP contribution in [0.4, 0.5) is 0 Å². The van der Waals surface area contributed by atoms with Crippen molar-refractivity contribution in [2.75, 3.05) is 7.11 Å². The van der Waals surface area contributed by atoms with Gasteiger partial charge in [-0.25, -0.2) is 0 Å². The van der Waals surface area contributed by atoms with E-state index in [1.165, 1.54) is 19.2 Å². The number of ketones is 1. The van der Waals surface area contributed by atoms with Crippen molar-refractivity contribution >= 4 is 22.7 Å². The molecule has 0 aliphatic carbocycles. The Balaban J connectivity index is 1.88. The lowest BCUT2D eigenvalue weighted by Gasteiger charge is -2.15. The molecule has 3 N–H and O–H groups in total. The van der Waals surface area contributed by atoms with Crippen LogP contribution in [0, 0.1) is 12.8 Å². The number of H-pyrrole nitrogens is 1. The van der Waals surface area contributed by atoms with Crippen molar-refractivity contribution in [3.8, 4) is 11.5 Å². The van der Waals surface area contributed by atoms with Gasteiger partial charge < -0.3 is 19.9 Å². The monoisotopic (exact) mass is 367 g/mol. The summed E-state index contributed by atoms with van der Waals surface area (Å²) in [6.07, 6.45) is 1.93. The summed E-state index contributed by atoms with van der Waals surface area (Å²) in [5.41, 5.74) is 2.29. The first-order valence-corrected chi connectivity index (χ1v) is 8.59. The van der Waals surface area contributed by atoms with Crippen molar-refractivity contribution in [1.82, 2.24) is 4.98 Å². The molecule has 0 aliphatic rings. The van der Waals surface area contributed by atoms with Crippen LogP contribution < -0.4 is 0 Å². The highest BCUT2D eigenvalue weighted by molar-refractivity contribution is 6.02.